The Morgan fingerprint density at radius 2 is 1.87 bits per heavy atom. The van der Waals surface area contributed by atoms with Gasteiger partial charge in [0.1, 0.15) is 0 Å². The van der Waals surface area contributed by atoms with Crippen molar-refractivity contribution >= 4 is 11.6 Å². The molecule has 0 saturated carbocycles. The molecule has 1 amide bonds. The maximum absolute atomic E-state index is 14.1. The van der Waals surface area contributed by atoms with Crippen LogP contribution in [-0.4, -0.2) is 58.6 Å². The van der Waals surface area contributed by atoms with Gasteiger partial charge in [0, 0.05) is 17.2 Å². The Kier molecular flexibility index (Phi) is 4.32. The van der Waals surface area contributed by atoms with E-state index in [2.05, 4.69) is 17.1 Å². The van der Waals surface area contributed by atoms with E-state index in [9.17, 15) is 18.0 Å². The second-order valence-electron chi connectivity index (χ2n) is 7.99. The van der Waals surface area contributed by atoms with Gasteiger partial charge in [-0.1, -0.05) is 24.3 Å². The van der Waals surface area contributed by atoms with Gasteiger partial charge in [-0.25, -0.2) is 9.50 Å². The van der Waals surface area contributed by atoms with Gasteiger partial charge in [-0.15, -0.1) is 0 Å². The lowest BCUT2D eigenvalue weighted by molar-refractivity contribution is -0.883. The second kappa shape index (κ2) is 6.80. The summed E-state index contributed by atoms with van der Waals surface area (Å²) in [7, 11) is 2.05. The highest BCUT2D eigenvalue weighted by atomic mass is 19.4. The Morgan fingerprint density at radius 3 is 2.60 bits per heavy atom. The zero-order valence-electron chi connectivity index (χ0n) is 16.5. The highest BCUT2D eigenvalue weighted by molar-refractivity contribution is 5.93. The number of halogens is 3. The Labute approximate surface area is 170 Å². The number of carbonyl (C=O) groups is 1. The number of likely N-dealkylation sites (N-methyl/N-ethyl adjacent to an activating group) is 1. The molecular formula is C21H21F3N5O+. The van der Waals surface area contributed by atoms with E-state index in [1.807, 2.05) is 12.1 Å². The number of carbonyl (C=O) groups excluding carboxylic acids is 1. The topological polar surface area (TPSA) is 54.9 Å². The van der Waals surface area contributed by atoms with Crippen LogP contribution in [0.4, 0.5) is 13.2 Å². The number of quaternary nitrogens is 1. The summed E-state index contributed by atoms with van der Waals surface area (Å²) in [6, 6.07) is 8.76. The summed E-state index contributed by atoms with van der Waals surface area (Å²) in [5.74, 6) is -0.348. The lowest BCUT2D eigenvalue weighted by Gasteiger charge is -2.29. The highest BCUT2D eigenvalue weighted by Gasteiger charge is 2.40. The number of rotatable bonds is 1. The van der Waals surface area contributed by atoms with Crippen LogP contribution in [0.2, 0.25) is 0 Å². The predicted molar refractivity (Wildman–Crippen MR) is 103 cm³/mol. The van der Waals surface area contributed by atoms with Crippen LogP contribution in [0.3, 0.4) is 0 Å². The first-order valence-corrected chi connectivity index (χ1v) is 10.0. The third-order valence-corrected chi connectivity index (χ3v) is 6.01. The fraction of sp³-hybridized carbons (Fsp3) is 0.381. The first-order valence-electron chi connectivity index (χ1n) is 10.0. The van der Waals surface area contributed by atoms with E-state index in [-0.39, 0.29) is 29.2 Å². The molecule has 2 aliphatic rings. The summed E-state index contributed by atoms with van der Waals surface area (Å²) in [4.78, 5) is 20.4. The molecule has 1 aliphatic carbocycles. The SMILES string of the molecule is C[NH+]1CCN(C(=O)c2cc3nc4c(c(C(F)(F)F)n3n2)CCc2ccccc2-4)CC1. The molecule has 156 valence electrons. The number of amides is 1. The largest absolute Gasteiger partial charge is 0.433 e. The van der Waals surface area contributed by atoms with Gasteiger partial charge in [0.05, 0.1) is 38.9 Å². The van der Waals surface area contributed by atoms with Gasteiger partial charge in [-0.2, -0.15) is 18.3 Å². The zero-order chi connectivity index (χ0) is 21.0. The molecule has 0 atom stereocenters. The van der Waals surface area contributed by atoms with Crippen molar-refractivity contribution in [3.63, 3.8) is 0 Å². The second-order valence-corrected chi connectivity index (χ2v) is 7.99. The summed E-state index contributed by atoms with van der Waals surface area (Å²) in [6.07, 6.45) is -3.87. The van der Waals surface area contributed by atoms with Crippen LogP contribution >= 0.6 is 0 Å². The number of benzene rings is 1. The van der Waals surface area contributed by atoms with Gasteiger partial charge < -0.3 is 9.80 Å². The van der Waals surface area contributed by atoms with Crippen LogP contribution < -0.4 is 4.90 Å². The molecule has 0 radical (unpaired) electrons. The molecule has 3 aromatic rings. The van der Waals surface area contributed by atoms with Crippen molar-refractivity contribution in [1.29, 1.82) is 0 Å². The van der Waals surface area contributed by atoms with Gasteiger partial charge >= 0.3 is 6.18 Å². The summed E-state index contributed by atoms with van der Waals surface area (Å²) in [6.45, 7) is 2.72. The molecule has 0 unspecified atom stereocenters. The molecule has 30 heavy (non-hydrogen) atoms. The monoisotopic (exact) mass is 416 g/mol. The zero-order valence-corrected chi connectivity index (χ0v) is 16.5. The Bertz CT molecular complexity index is 1150. The molecule has 0 bridgehead atoms. The molecule has 1 fully saturated rings. The number of nitrogens with one attached hydrogen (secondary N) is 1. The van der Waals surface area contributed by atoms with Crippen LogP contribution in [-0.2, 0) is 19.0 Å². The first kappa shape index (κ1) is 19.0. The minimum absolute atomic E-state index is 0.00295. The van der Waals surface area contributed by atoms with E-state index in [1.165, 1.54) is 11.0 Å². The highest BCUT2D eigenvalue weighted by Crippen LogP contribution is 2.40. The quantitative estimate of drug-likeness (QED) is 0.654. The van der Waals surface area contributed by atoms with E-state index in [1.54, 1.807) is 17.0 Å². The summed E-state index contributed by atoms with van der Waals surface area (Å²) in [5.41, 5.74) is 1.37. The minimum Gasteiger partial charge on any atom is -0.334 e. The molecular weight excluding hydrogens is 395 g/mol. The average molecular weight is 416 g/mol. The molecule has 0 spiro atoms. The number of hydrogen-bond donors (Lipinski definition) is 1. The van der Waals surface area contributed by atoms with Gasteiger partial charge in [0.15, 0.2) is 17.0 Å². The molecule has 6 nitrogen and oxygen atoms in total. The number of aryl methyl sites for hydroxylation is 1. The summed E-state index contributed by atoms with van der Waals surface area (Å²) < 4.78 is 43.1. The standard InChI is InChI=1S/C21H20F3N5O/c1-27-8-10-28(11-9-27)20(30)16-12-17-25-18-14-5-3-2-4-13(14)6-7-15(18)19(21(22,23)24)29(17)26-16/h2-5,12H,6-11H2,1H3/p+1. The molecule has 3 heterocycles. The number of nitrogens with zero attached hydrogens (tertiary/aromatic N) is 4. The van der Waals surface area contributed by atoms with Gasteiger partial charge in [-0.05, 0) is 18.4 Å². The average Bonchev–Trinajstić information content (AvgIpc) is 3.14. The van der Waals surface area contributed by atoms with Crippen LogP contribution in [0.5, 0.6) is 0 Å². The van der Waals surface area contributed by atoms with E-state index >= 15 is 0 Å². The lowest BCUT2D eigenvalue weighted by atomic mass is 9.88. The third-order valence-electron chi connectivity index (χ3n) is 6.01. The van der Waals surface area contributed by atoms with E-state index in [0.29, 0.717) is 30.8 Å². The smallest absolute Gasteiger partial charge is 0.334 e. The van der Waals surface area contributed by atoms with Gasteiger partial charge in [0.25, 0.3) is 5.91 Å². The maximum atomic E-state index is 14.1. The number of fused-ring (bicyclic) bond motifs is 4. The summed E-state index contributed by atoms with van der Waals surface area (Å²) >= 11 is 0. The molecule has 1 saturated heterocycles. The fourth-order valence-corrected chi connectivity index (χ4v) is 4.38. The molecule has 5 rings (SSSR count). The van der Waals surface area contributed by atoms with Crippen molar-refractivity contribution in [3.8, 4) is 11.3 Å². The minimum atomic E-state index is -4.61. The van der Waals surface area contributed by atoms with Crippen molar-refractivity contribution in [2.45, 2.75) is 19.0 Å². The van der Waals surface area contributed by atoms with Crippen LogP contribution in [0.15, 0.2) is 30.3 Å². The lowest BCUT2D eigenvalue weighted by Crippen LogP contribution is -3.12. The van der Waals surface area contributed by atoms with Crippen LogP contribution in [0, 0.1) is 0 Å². The fourth-order valence-electron chi connectivity index (χ4n) is 4.38. The normalized spacial score (nSPS) is 17.1. The molecule has 1 aromatic carbocycles. The maximum Gasteiger partial charge on any atom is 0.433 e. The van der Waals surface area contributed by atoms with Gasteiger partial charge in [-0.3, -0.25) is 4.79 Å². The number of alkyl halides is 3. The Balaban J connectivity index is 1.66. The van der Waals surface area contributed by atoms with E-state index < -0.39 is 11.9 Å². The van der Waals surface area contributed by atoms with Gasteiger partial charge in [0.2, 0.25) is 0 Å². The number of hydrogen-bond acceptors (Lipinski definition) is 3. The first-order chi connectivity index (χ1) is 14.3. The third kappa shape index (κ3) is 3.04. The van der Waals surface area contributed by atoms with Crippen molar-refractivity contribution in [1.82, 2.24) is 19.5 Å². The predicted octanol–water partition coefficient (Wildman–Crippen LogP) is 1.48. The van der Waals surface area contributed by atoms with E-state index in [4.69, 9.17) is 0 Å². The number of aromatic nitrogens is 3. The van der Waals surface area contributed by atoms with E-state index in [0.717, 1.165) is 23.2 Å². The van der Waals surface area contributed by atoms with Crippen molar-refractivity contribution in [2.24, 2.45) is 0 Å². The van der Waals surface area contributed by atoms with Crippen LogP contribution in [0.25, 0.3) is 16.9 Å². The Hall–Kier alpha value is -2.94. The summed E-state index contributed by atoms with van der Waals surface area (Å²) in [5, 5.41) is 4.07. The van der Waals surface area contributed by atoms with Crippen molar-refractivity contribution in [2.75, 3.05) is 33.2 Å². The molecule has 9 heteroatoms. The molecule has 1 N–H and O–H groups in total. The van der Waals surface area contributed by atoms with Crippen molar-refractivity contribution in [3.05, 3.63) is 52.8 Å². The number of piperazine rings is 1. The molecule has 1 aliphatic heterocycles. The van der Waals surface area contributed by atoms with Crippen molar-refractivity contribution < 1.29 is 22.9 Å². The Morgan fingerprint density at radius 1 is 1.13 bits per heavy atom. The van der Waals surface area contributed by atoms with Crippen LogP contribution in [0.1, 0.15) is 27.3 Å². The molecule has 2 aromatic heterocycles.